The van der Waals surface area contributed by atoms with Crippen LogP contribution in [0.2, 0.25) is 0 Å². The molecule has 0 N–H and O–H groups in total. The molecular formula is C23H17O4S+. The summed E-state index contributed by atoms with van der Waals surface area (Å²) in [6, 6.07) is 22.4. The van der Waals surface area contributed by atoms with Crippen LogP contribution in [-0.4, -0.2) is 13.1 Å². The highest BCUT2D eigenvalue weighted by molar-refractivity contribution is 7.97. The first kappa shape index (κ1) is 17.0. The number of hydrogen-bond acceptors (Lipinski definition) is 4. The predicted octanol–water partition coefficient (Wildman–Crippen LogP) is 5.73. The molecule has 1 aromatic heterocycles. The van der Waals surface area contributed by atoms with E-state index in [0.717, 1.165) is 37.1 Å². The Bertz CT molecular complexity index is 1180. The lowest BCUT2D eigenvalue weighted by Crippen LogP contribution is -2.12. The van der Waals surface area contributed by atoms with Crippen molar-refractivity contribution in [3.8, 4) is 11.5 Å². The van der Waals surface area contributed by atoms with Gasteiger partial charge in [-0.2, -0.15) is 0 Å². The van der Waals surface area contributed by atoms with Gasteiger partial charge in [0, 0.05) is 17.0 Å². The minimum atomic E-state index is -0.459. The maximum absolute atomic E-state index is 12.0. The Hall–Kier alpha value is -3.18. The number of carbonyl (C=O) groups is 1. The summed E-state index contributed by atoms with van der Waals surface area (Å²) in [6.45, 7) is 1.87. The van der Waals surface area contributed by atoms with Crippen molar-refractivity contribution in [1.29, 1.82) is 0 Å². The van der Waals surface area contributed by atoms with Gasteiger partial charge in [-0.1, -0.05) is 24.3 Å². The van der Waals surface area contributed by atoms with Crippen LogP contribution < -0.4 is 4.74 Å². The van der Waals surface area contributed by atoms with E-state index in [-0.39, 0.29) is 16.7 Å². The van der Waals surface area contributed by atoms with Gasteiger partial charge in [-0.3, -0.25) is 0 Å². The van der Waals surface area contributed by atoms with Gasteiger partial charge in [-0.05, 0) is 43.3 Å². The second kappa shape index (κ2) is 6.46. The Morgan fingerprint density at radius 2 is 1.57 bits per heavy atom. The molecule has 3 aromatic carbocycles. The van der Waals surface area contributed by atoms with Crippen molar-refractivity contribution in [3.63, 3.8) is 0 Å². The van der Waals surface area contributed by atoms with E-state index >= 15 is 0 Å². The lowest BCUT2D eigenvalue weighted by Gasteiger charge is -2.19. The minimum absolute atomic E-state index is 0.255. The summed E-state index contributed by atoms with van der Waals surface area (Å²) >= 11 is 0. The minimum Gasteiger partial charge on any atom is -0.463 e. The third-order valence-electron chi connectivity index (χ3n) is 4.87. The number of rotatable bonds is 2. The molecule has 28 heavy (non-hydrogen) atoms. The van der Waals surface area contributed by atoms with Crippen molar-refractivity contribution in [2.45, 2.75) is 21.6 Å². The van der Waals surface area contributed by atoms with Crippen molar-refractivity contribution < 1.29 is 18.7 Å². The Balaban J connectivity index is 1.71. The van der Waals surface area contributed by atoms with E-state index < -0.39 is 5.97 Å². The van der Waals surface area contributed by atoms with E-state index in [1.54, 1.807) is 0 Å². The first-order valence-corrected chi connectivity index (χ1v) is 10.1. The van der Waals surface area contributed by atoms with Gasteiger partial charge < -0.3 is 13.9 Å². The number of aryl methyl sites for hydroxylation is 1. The number of methoxy groups -OCH3 is 1. The highest BCUT2D eigenvalue weighted by Crippen LogP contribution is 2.47. The number of furan rings is 1. The molecule has 0 saturated heterocycles. The van der Waals surface area contributed by atoms with Crippen molar-refractivity contribution in [3.05, 3.63) is 78.1 Å². The average molecular weight is 389 g/mol. The van der Waals surface area contributed by atoms with E-state index in [1.165, 1.54) is 7.11 Å². The second-order valence-corrected chi connectivity index (χ2v) is 8.47. The summed E-state index contributed by atoms with van der Waals surface area (Å²) in [7, 11) is 1.03. The van der Waals surface area contributed by atoms with Gasteiger partial charge in [0.1, 0.15) is 16.5 Å². The van der Waals surface area contributed by atoms with Crippen LogP contribution in [-0.2, 0) is 15.6 Å². The number of fused-ring (bicyclic) bond motifs is 3. The standard InChI is InChI=1S/C23H17O4S/c1-14-16-12-11-15(13-19(16)27-22(14)23(24)25-2)28-20-9-5-3-7-17(20)26-18-8-4-6-10-21(18)28/h3-13H,1-2H3/q+1. The third kappa shape index (κ3) is 2.51. The molecule has 0 amide bonds. The summed E-state index contributed by atoms with van der Waals surface area (Å²) < 4.78 is 16.8. The van der Waals surface area contributed by atoms with Gasteiger partial charge in [0.15, 0.2) is 16.4 Å². The number of ether oxygens (including phenoxy) is 2. The number of hydrogen-bond donors (Lipinski definition) is 0. The third-order valence-corrected chi connectivity index (χ3v) is 7.15. The van der Waals surface area contributed by atoms with Crippen LogP contribution in [0.1, 0.15) is 16.1 Å². The Labute approximate surface area is 165 Å². The lowest BCUT2D eigenvalue weighted by atomic mass is 10.1. The molecule has 0 spiro atoms. The quantitative estimate of drug-likeness (QED) is 0.286. The maximum atomic E-state index is 12.0. The van der Waals surface area contributed by atoms with Crippen molar-refractivity contribution in [2.75, 3.05) is 7.11 Å². The number of benzene rings is 3. The van der Waals surface area contributed by atoms with Crippen molar-refractivity contribution in [1.82, 2.24) is 0 Å². The molecule has 0 saturated carbocycles. The van der Waals surface area contributed by atoms with Crippen LogP contribution in [0, 0.1) is 6.92 Å². The normalized spacial score (nSPS) is 12.9. The SMILES string of the molecule is COC(=O)c1oc2cc([S+]3c4ccccc4Oc4ccccc43)ccc2c1C. The molecule has 0 fully saturated rings. The zero-order valence-corrected chi connectivity index (χ0v) is 16.2. The molecule has 4 aromatic rings. The van der Waals surface area contributed by atoms with Crippen molar-refractivity contribution >= 4 is 27.8 Å². The number of carbonyl (C=O) groups excluding carboxylic acids is 1. The van der Waals surface area contributed by atoms with Crippen LogP contribution in [0.25, 0.3) is 11.0 Å². The van der Waals surface area contributed by atoms with Crippen molar-refractivity contribution in [2.24, 2.45) is 0 Å². The Morgan fingerprint density at radius 3 is 2.21 bits per heavy atom. The smallest absolute Gasteiger partial charge is 0.374 e. The highest BCUT2D eigenvalue weighted by Gasteiger charge is 2.39. The van der Waals surface area contributed by atoms with Gasteiger partial charge >= 0.3 is 5.97 Å². The molecule has 138 valence electrons. The van der Waals surface area contributed by atoms with E-state index in [0.29, 0.717) is 5.58 Å². The zero-order valence-electron chi connectivity index (χ0n) is 15.4. The fraction of sp³-hybridized carbons (Fsp3) is 0.0870. The largest absolute Gasteiger partial charge is 0.463 e. The maximum Gasteiger partial charge on any atom is 0.374 e. The first-order valence-electron chi connectivity index (χ1n) is 8.89. The molecular weight excluding hydrogens is 372 g/mol. The van der Waals surface area contributed by atoms with Crippen LogP contribution in [0.3, 0.4) is 0 Å². The second-order valence-electron chi connectivity index (χ2n) is 6.51. The molecule has 1 aliphatic heterocycles. The van der Waals surface area contributed by atoms with E-state index in [9.17, 15) is 4.79 Å². The van der Waals surface area contributed by atoms with Crippen LogP contribution in [0.5, 0.6) is 11.5 Å². The monoisotopic (exact) mass is 389 g/mol. The molecule has 5 heteroatoms. The Morgan fingerprint density at radius 1 is 0.929 bits per heavy atom. The van der Waals surface area contributed by atoms with Crippen LogP contribution in [0.15, 0.2) is 85.8 Å². The molecule has 5 rings (SSSR count). The molecule has 0 atom stereocenters. The molecule has 2 heterocycles. The molecule has 0 radical (unpaired) electrons. The topological polar surface area (TPSA) is 48.7 Å². The summed E-state index contributed by atoms with van der Waals surface area (Å²) in [5.41, 5.74) is 1.48. The van der Waals surface area contributed by atoms with Crippen LogP contribution in [0.4, 0.5) is 0 Å². The lowest BCUT2D eigenvalue weighted by molar-refractivity contribution is 0.0566. The van der Waals surface area contributed by atoms with Crippen LogP contribution >= 0.6 is 0 Å². The zero-order chi connectivity index (χ0) is 19.3. The summed E-state index contributed by atoms with van der Waals surface area (Å²) in [6.07, 6.45) is 0. The Kier molecular flexibility index (Phi) is 3.91. The van der Waals surface area contributed by atoms with Gasteiger partial charge in [-0.15, -0.1) is 0 Å². The van der Waals surface area contributed by atoms with Gasteiger partial charge in [0.2, 0.25) is 15.6 Å². The first-order chi connectivity index (χ1) is 13.7. The highest BCUT2D eigenvalue weighted by atomic mass is 32.2. The van der Waals surface area contributed by atoms with Gasteiger partial charge in [0.05, 0.1) is 7.11 Å². The van der Waals surface area contributed by atoms with Gasteiger partial charge in [0.25, 0.3) is 0 Å². The summed E-state index contributed by atoms with van der Waals surface area (Å²) in [5, 5.41) is 0.919. The fourth-order valence-corrected chi connectivity index (χ4v) is 5.74. The van der Waals surface area contributed by atoms with E-state index in [1.807, 2.05) is 55.5 Å². The van der Waals surface area contributed by atoms with E-state index in [2.05, 4.69) is 18.2 Å². The summed E-state index contributed by atoms with van der Waals surface area (Å²) in [4.78, 5) is 15.4. The average Bonchev–Trinajstić information content (AvgIpc) is 3.07. The fourth-order valence-electron chi connectivity index (χ4n) is 3.52. The number of para-hydroxylation sites is 2. The summed E-state index contributed by atoms with van der Waals surface area (Å²) in [5.74, 6) is 1.54. The molecule has 0 bridgehead atoms. The molecule has 0 unspecified atom stereocenters. The predicted molar refractivity (Wildman–Crippen MR) is 107 cm³/mol. The number of esters is 1. The van der Waals surface area contributed by atoms with E-state index in [4.69, 9.17) is 13.9 Å². The van der Waals surface area contributed by atoms with Gasteiger partial charge in [-0.25, -0.2) is 4.79 Å². The molecule has 0 aliphatic carbocycles. The molecule has 4 nitrogen and oxygen atoms in total. The molecule has 1 aliphatic rings.